The maximum atomic E-state index is 11.9. The summed E-state index contributed by atoms with van der Waals surface area (Å²) in [6.45, 7) is 4.20. The molecule has 2 rings (SSSR count). The van der Waals surface area contributed by atoms with Crippen LogP contribution in [0.15, 0.2) is 24.3 Å². The van der Waals surface area contributed by atoms with Crippen LogP contribution in [-0.2, 0) is 9.59 Å². The second kappa shape index (κ2) is 6.72. The molecule has 0 spiro atoms. The monoisotopic (exact) mass is 290 g/mol. The second-order valence-electron chi connectivity index (χ2n) is 5.86. The quantitative estimate of drug-likeness (QED) is 0.719. The predicted octanol–water partition coefficient (Wildman–Crippen LogP) is 2.20. The molecule has 1 aliphatic rings. The first-order chi connectivity index (χ1) is 9.97. The summed E-state index contributed by atoms with van der Waals surface area (Å²) < 4.78 is 0. The van der Waals surface area contributed by atoms with E-state index in [0.717, 1.165) is 24.1 Å². The molecule has 5 nitrogen and oxygen atoms in total. The summed E-state index contributed by atoms with van der Waals surface area (Å²) in [6.07, 6.45) is 1.84. The second-order valence-corrected chi connectivity index (χ2v) is 5.86. The molecular formula is C16H22N2O3. The number of amides is 1. The summed E-state index contributed by atoms with van der Waals surface area (Å²) in [6, 6.07) is 7.09. The molecule has 0 heterocycles. The van der Waals surface area contributed by atoms with E-state index in [0.29, 0.717) is 5.92 Å². The Morgan fingerprint density at radius 3 is 2.62 bits per heavy atom. The highest BCUT2D eigenvalue weighted by atomic mass is 16.4. The van der Waals surface area contributed by atoms with Gasteiger partial charge in [0.05, 0.1) is 6.54 Å². The normalized spacial score (nSPS) is 15.8. The van der Waals surface area contributed by atoms with Gasteiger partial charge < -0.3 is 10.4 Å². The molecule has 3 N–H and O–H groups in total. The number of carboxylic acids is 1. The zero-order valence-electron chi connectivity index (χ0n) is 12.4. The van der Waals surface area contributed by atoms with Crippen LogP contribution in [0.5, 0.6) is 0 Å². The summed E-state index contributed by atoms with van der Waals surface area (Å²) in [5.74, 6) is -0.541. The number of benzene rings is 1. The van der Waals surface area contributed by atoms with Crippen molar-refractivity contribution >= 4 is 17.6 Å². The molecule has 1 aliphatic carbocycles. The van der Waals surface area contributed by atoms with Gasteiger partial charge in [-0.05, 0) is 42.4 Å². The summed E-state index contributed by atoms with van der Waals surface area (Å²) in [5.41, 5.74) is 1.90. The Hall–Kier alpha value is -1.88. The highest BCUT2D eigenvalue weighted by Gasteiger charge is 2.36. The van der Waals surface area contributed by atoms with Crippen molar-refractivity contribution < 1.29 is 14.7 Å². The zero-order chi connectivity index (χ0) is 15.4. The third kappa shape index (κ3) is 4.56. The largest absolute Gasteiger partial charge is 0.480 e. The first-order valence-electron chi connectivity index (χ1n) is 7.33. The molecular weight excluding hydrogens is 268 g/mol. The maximum absolute atomic E-state index is 11.9. The van der Waals surface area contributed by atoms with Gasteiger partial charge in [-0.15, -0.1) is 0 Å². The van der Waals surface area contributed by atoms with Crippen molar-refractivity contribution in [3.05, 3.63) is 29.8 Å². The fraction of sp³-hybridized carbons (Fsp3) is 0.500. The Balaban J connectivity index is 1.86. The van der Waals surface area contributed by atoms with E-state index in [9.17, 15) is 9.59 Å². The third-order valence-electron chi connectivity index (χ3n) is 3.68. The summed E-state index contributed by atoms with van der Waals surface area (Å²) in [7, 11) is 0. The molecule has 1 atom stereocenters. The third-order valence-corrected chi connectivity index (χ3v) is 3.68. The molecule has 0 saturated heterocycles. The van der Waals surface area contributed by atoms with Gasteiger partial charge in [0.15, 0.2) is 0 Å². The van der Waals surface area contributed by atoms with Gasteiger partial charge in [-0.2, -0.15) is 0 Å². The first kappa shape index (κ1) is 15.5. The van der Waals surface area contributed by atoms with Crippen LogP contribution in [0.3, 0.4) is 0 Å². The van der Waals surface area contributed by atoms with Crippen molar-refractivity contribution in [1.29, 1.82) is 0 Å². The van der Waals surface area contributed by atoms with E-state index in [-0.39, 0.29) is 18.4 Å². The fourth-order valence-electron chi connectivity index (χ4n) is 2.27. The summed E-state index contributed by atoms with van der Waals surface area (Å²) >= 11 is 0. The molecule has 5 heteroatoms. The predicted molar refractivity (Wildman–Crippen MR) is 81.3 cm³/mol. The lowest BCUT2D eigenvalue weighted by molar-refractivity contribution is -0.140. The number of hydrogen-bond acceptors (Lipinski definition) is 3. The van der Waals surface area contributed by atoms with Gasteiger partial charge in [-0.3, -0.25) is 14.9 Å². The summed E-state index contributed by atoms with van der Waals surface area (Å²) in [4.78, 5) is 23.0. The number of carbonyl (C=O) groups is 2. The van der Waals surface area contributed by atoms with E-state index in [4.69, 9.17) is 5.11 Å². The Kier molecular flexibility index (Phi) is 4.96. The van der Waals surface area contributed by atoms with E-state index in [1.165, 1.54) is 0 Å². The van der Waals surface area contributed by atoms with E-state index < -0.39 is 12.0 Å². The number of carboxylic acid groups (broad SMARTS) is 1. The van der Waals surface area contributed by atoms with E-state index in [1.54, 1.807) is 0 Å². The van der Waals surface area contributed by atoms with Crippen molar-refractivity contribution in [3.8, 4) is 0 Å². The van der Waals surface area contributed by atoms with Gasteiger partial charge in [0, 0.05) is 5.69 Å². The van der Waals surface area contributed by atoms with Gasteiger partial charge in [0.2, 0.25) is 5.91 Å². The molecule has 21 heavy (non-hydrogen) atoms. The number of carbonyl (C=O) groups excluding carboxylic acids is 1. The molecule has 1 fully saturated rings. The minimum absolute atomic E-state index is 0.0133. The van der Waals surface area contributed by atoms with Gasteiger partial charge in [-0.1, -0.05) is 26.0 Å². The number of hydrogen-bond donors (Lipinski definition) is 3. The maximum Gasteiger partial charge on any atom is 0.320 e. The van der Waals surface area contributed by atoms with Gasteiger partial charge in [0.1, 0.15) is 6.04 Å². The van der Waals surface area contributed by atoms with Crippen molar-refractivity contribution in [1.82, 2.24) is 5.32 Å². The topological polar surface area (TPSA) is 78.4 Å². The van der Waals surface area contributed by atoms with Crippen LogP contribution >= 0.6 is 0 Å². The van der Waals surface area contributed by atoms with Crippen LogP contribution < -0.4 is 10.6 Å². The molecule has 1 aromatic rings. The summed E-state index contributed by atoms with van der Waals surface area (Å²) in [5, 5.41) is 14.7. The standard InChI is InChI=1S/C16H22N2O3/c1-10(2)12-4-3-5-13(8-12)18-14(19)9-17-15(16(20)21)11-6-7-11/h3-5,8,10-11,15,17H,6-7,9H2,1-2H3,(H,18,19)(H,20,21). The number of nitrogens with one attached hydrogen (secondary N) is 2. The lowest BCUT2D eigenvalue weighted by Crippen LogP contribution is -2.42. The van der Waals surface area contributed by atoms with Crippen molar-refractivity contribution in [2.45, 2.75) is 38.6 Å². The average molecular weight is 290 g/mol. The highest BCUT2D eigenvalue weighted by Crippen LogP contribution is 2.32. The number of aliphatic carboxylic acids is 1. The number of rotatable bonds is 7. The molecule has 0 aliphatic heterocycles. The molecule has 1 unspecified atom stereocenters. The fourth-order valence-corrected chi connectivity index (χ4v) is 2.27. The van der Waals surface area contributed by atoms with Crippen LogP contribution in [0, 0.1) is 5.92 Å². The van der Waals surface area contributed by atoms with Crippen LogP contribution in [0.25, 0.3) is 0 Å². The SMILES string of the molecule is CC(C)c1cccc(NC(=O)CNC(C(=O)O)C2CC2)c1. The van der Waals surface area contributed by atoms with Crippen LogP contribution in [0.4, 0.5) is 5.69 Å². The molecule has 0 bridgehead atoms. The van der Waals surface area contributed by atoms with Crippen molar-refractivity contribution in [3.63, 3.8) is 0 Å². The van der Waals surface area contributed by atoms with E-state index in [1.807, 2.05) is 24.3 Å². The van der Waals surface area contributed by atoms with Gasteiger partial charge in [0.25, 0.3) is 0 Å². The minimum Gasteiger partial charge on any atom is -0.480 e. The minimum atomic E-state index is -0.882. The molecule has 0 radical (unpaired) electrons. The van der Waals surface area contributed by atoms with Gasteiger partial charge >= 0.3 is 5.97 Å². The van der Waals surface area contributed by atoms with E-state index in [2.05, 4.69) is 24.5 Å². The lowest BCUT2D eigenvalue weighted by Gasteiger charge is -2.14. The van der Waals surface area contributed by atoms with Crippen LogP contribution in [-0.4, -0.2) is 29.6 Å². The van der Waals surface area contributed by atoms with Crippen molar-refractivity contribution in [2.75, 3.05) is 11.9 Å². The molecule has 1 amide bonds. The smallest absolute Gasteiger partial charge is 0.320 e. The Morgan fingerprint density at radius 2 is 2.05 bits per heavy atom. The van der Waals surface area contributed by atoms with Crippen molar-refractivity contribution in [2.24, 2.45) is 5.92 Å². The zero-order valence-corrected chi connectivity index (χ0v) is 12.4. The highest BCUT2D eigenvalue weighted by molar-refractivity contribution is 5.92. The Morgan fingerprint density at radius 1 is 1.33 bits per heavy atom. The molecule has 0 aromatic heterocycles. The van der Waals surface area contributed by atoms with Crippen LogP contribution in [0.2, 0.25) is 0 Å². The average Bonchev–Trinajstić information content (AvgIpc) is 3.23. The van der Waals surface area contributed by atoms with E-state index >= 15 is 0 Å². The molecule has 1 aromatic carbocycles. The van der Waals surface area contributed by atoms with Crippen LogP contribution in [0.1, 0.15) is 38.2 Å². The number of anilines is 1. The lowest BCUT2D eigenvalue weighted by atomic mass is 10.0. The van der Waals surface area contributed by atoms with Gasteiger partial charge in [-0.25, -0.2) is 0 Å². The molecule has 114 valence electrons. The molecule has 1 saturated carbocycles. The Labute approximate surface area is 124 Å². The Bertz CT molecular complexity index is 524. The first-order valence-corrected chi connectivity index (χ1v) is 7.33.